The van der Waals surface area contributed by atoms with E-state index >= 15 is 0 Å². The number of rotatable bonds is 2. The third-order valence-electron chi connectivity index (χ3n) is 2.69. The van der Waals surface area contributed by atoms with Gasteiger partial charge >= 0.3 is 0 Å². The lowest BCUT2D eigenvalue weighted by Gasteiger charge is -2.22. The van der Waals surface area contributed by atoms with Crippen molar-refractivity contribution in [2.45, 2.75) is 19.3 Å². The molecule has 3 nitrogen and oxygen atoms in total. The molecule has 0 bridgehead atoms. The van der Waals surface area contributed by atoms with Gasteiger partial charge in [-0.25, -0.2) is 0 Å². The normalized spacial score (nSPS) is 12.3. The first-order chi connectivity index (χ1) is 7.06. The summed E-state index contributed by atoms with van der Waals surface area (Å²) in [4.78, 5) is 0. The van der Waals surface area contributed by atoms with E-state index in [1.54, 1.807) is 0 Å². The number of hydrogen-bond donors (Lipinski definition) is 1. The van der Waals surface area contributed by atoms with E-state index in [1.807, 2.05) is 18.2 Å². The Labute approximate surface area is 93.2 Å². The molecule has 80 valence electrons. The second-order valence-electron chi connectivity index (χ2n) is 4.24. The van der Waals surface area contributed by atoms with Gasteiger partial charge in [0, 0.05) is 17.5 Å². The lowest BCUT2D eigenvalue weighted by atomic mass is 9.84. The molecule has 1 aromatic carbocycles. The highest BCUT2D eigenvalue weighted by Gasteiger charge is 2.23. The van der Waals surface area contributed by atoms with Gasteiger partial charge in [-0.2, -0.15) is 0 Å². The first-order valence-electron chi connectivity index (χ1n) is 4.81. The number of para-hydroxylation sites is 1. The maximum absolute atomic E-state index is 5.90. The lowest BCUT2D eigenvalue weighted by molar-refractivity contribution is 0.443. The topological polar surface area (TPSA) is 52.0 Å². The van der Waals surface area contributed by atoms with Gasteiger partial charge in [0.1, 0.15) is 0 Å². The van der Waals surface area contributed by atoms with E-state index in [4.69, 9.17) is 21.9 Å². The molecule has 0 spiro atoms. The minimum atomic E-state index is -0.137. The Bertz CT molecular complexity index is 490. The summed E-state index contributed by atoms with van der Waals surface area (Å²) < 4.78 is 5.23. The molecule has 0 atom stereocenters. The molecule has 0 aliphatic carbocycles. The Morgan fingerprint density at radius 2 is 2.20 bits per heavy atom. The fraction of sp³-hybridized carbons (Fsp3) is 0.364. The summed E-state index contributed by atoms with van der Waals surface area (Å²) in [5.41, 5.74) is 7.38. The molecule has 0 radical (unpaired) electrons. The summed E-state index contributed by atoms with van der Waals surface area (Å²) in [6.45, 7) is 4.68. The standard InChI is InChI=1S/C11H13ClN2O/c1-11(2,6-13)8-5-3-4-7-9(8)15-14-10(7)12/h3-5H,6,13H2,1-2H3. The summed E-state index contributed by atoms with van der Waals surface area (Å²) in [7, 11) is 0. The van der Waals surface area contributed by atoms with Crippen LogP contribution in [-0.2, 0) is 5.41 Å². The molecule has 1 heterocycles. The van der Waals surface area contributed by atoms with Crippen molar-refractivity contribution in [2.75, 3.05) is 6.54 Å². The second-order valence-corrected chi connectivity index (χ2v) is 4.60. The zero-order valence-electron chi connectivity index (χ0n) is 8.75. The summed E-state index contributed by atoms with van der Waals surface area (Å²) >= 11 is 5.90. The number of halogens is 1. The number of nitrogens with two attached hydrogens (primary N) is 1. The van der Waals surface area contributed by atoms with Gasteiger partial charge in [0.05, 0.1) is 5.39 Å². The fourth-order valence-electron chi connectivity index (χ4n) is 1.58. The van der Waals surface area contributed by atoms with E-state index in [1.165, 1.54) is 0 Å². The van der Waals surface area contributed by atoms with Crippen molar-refractivity contribution in [1.29, 1.82) is 0 Å². The van der Waals surface area contributed by atoms with Gasteiger partial charge < -0.3 is 10.3 Å². The van der Waals surface area contributed by atoms with Gasteiger partial charge in [0.15, 0.2) is 10.7 Å². The maximum Gasteiger partial charge on any atom is 0.180 e. The quantitative estimate of drug-likeness (QED) is 0.854. The minimum Gasteiger partial charge on any atom is -0.354 e. The van der Waals surface area contributed by atoms with Gasteiger partial charge in [-0.15, -0.1) is 0 Å². The first-order valence-corrected chi connectivity index (χ1v) is 5.18. The van der Waals surface area contributed by atoms with Crippen LogP contribution in [0.5, 0.6) is 0 Å². The Hall–Kier alpha value is -1.06. The molecule has 15 heavy (non-hydrogen) atoms. The second kappa shape index (κ2) is 3.51. The van der Waals surface area contributed by atoms with Crippen LogP contribution in [0.2, 0.25) is 5.15 Å². The summed E-state index contributed by atoms with van der Waals surface area (Å²) in [5, 5.41) is 5.00. The lowest BCUT2D eigenvalue weighted by Crippen LogP contribution is -2.28. The summed E-state index contributed by atoms with van der Waals surface area (Å²) in [5.74, 6) is 0. The van der Waals surface area contributed by atoms with E-state index < -0.39 is 0 Å². The average molecular weight is 225 g/mol. The van der Waals surface area contributed by atoms with E-state index in [2.05, 4.69) is 19.0 Å². The van der Waals surface area contributed by atoms with E-state index in [0.29, 0.717) is 11.7 Å². The van der Waals surface area contributed by atoms with Crippen LogP contribution in [-0.4, -0.2) is 11.7 Å². The van der Waals surface area contributed by atoms with Crippen molar-refractivity contribution in [3.8, 4) is 0 Å². The zero-order chi connectivity index (χ0) is 11.1. The fourth-order valence-corrected chi connectivity index (χ4v) is 1.76. The number of hydrogen-bond acceptors (Lipinski definition) is 3. The number of benzene rings is 1. The third kappa shape index (κ3) is 1.62. The highest BCUT2D eigenvalue weighted by Crippen LogP contribution is 2.32. The molecule has 1 aromatic heterocycles. The molecule has 2 N–H and O–H groups in total. The van der Waals surface area contributed by atoms with Gasteiger partial charge in [-0.3, -0.25) is 0 Å². The molecule has 4 heteroatoms. The highest BCUT2D eigenvalue weighted by molar-refractivity contribution is 6.34. The van der Waals surface area contributed by atoms with Crippen LogP contribution in [0.1, 0.15) is 19.4 Å². The van der Waals surface area contributed by atoms with Crippen molar-refractivity contribution in [3.05, 3.63) is 28.9 Å². The number of nitrogens with zero attached hydrogens (tertiary/aromatic N) is 1. The summed E-state index contributed by atoms with van der Waals surface area (Å²) in [6, 6.07) is 5.83. The molecule has 0 amide bonds. The largest absolute Gasteiger partial charge is 0.354 e. The van der Waals surface area contributed by atoms with Gasteiger partial charge in [-0.1, -0.05) is 42.7 Å². The van der Waals surface area contributed by atoms with Gasteiger partial charge in [0.2, 0.25) is 0 Å². The zero-order valence-corrected chi connectivity index (χ0v) is 9.51. The number of fused-ring (bicyclic) bond motifs is 1. The highest BCUT2D eigenvalue weighted by atomic mass is 35.5. The SMILES string of the molecule is CC(C)(CN)c1cccc2c(Cl)noc12. The Morgan fingerprint density at radius 3 is 2.87 bits per heavy atom. The minimum absolute atomic E-state index is 0.137. The predicted molar refractivity (Wildman–Crippen MR) is 61.1 cm³/mol. The van der Waals surface area contributed by atoms with Crippen LogP contribution < -0.4 is 5.73 Å². The average Bonchev–Trinajstić information content (AvgIpc) is 2.60. The van der Waals surface area contributed by atoms with E-state index in [9.17, 15) is 0 Å². The van der Waals surface area contributed by atoms with Crippen molar-refractivity contribution in [2.24, 2.45) is 5.73 Å². The van der Waals surface area contributed by atoms with Crippen molar-refractivity contribution >= 4 is 22.6 Å². The molecule has 0 saturated carbocycles. The van der Waals surface area contributed by atoms with Crippen molar-refractivity contribution < 1.29 is 4.52 Å². The molecule has 0 unspecified atom stereocenters. The van der Waals surface area contributed by atoms with E-state index in [-0.39, 0.29) is 5.41 Å². The van der Waals surface area contributed by atoms with Crippen LogP contribution in [0.4, 0.5) is 0 Å². The van der Waals surface area contributed by atoms with Crippen molar-refractivity contribution in [1.82, 2.24) is 5.16 Å². The van der Waals surface area contributed by atoms with Crippen LogP contribution in [0.3, 0.4) is 0 Å². The molecule has 0 aliphatic rings. The monoisotopic (exact) mass is 224 g/mol. The molecule has 2 aromatic rings. The van der Waals surface area contributed by atoms with Crippen LogP contribution in [0.15, 0.2) is 22.7 Å². The van der Waals surface area contributed by atoms with E-state index in [0.717, 1.165) is 16.5 Å². The van der Waals surface area contributed by atoms with Gasteiger partial charge in [-0.05, 0) is 6.07 Å². The molecular weight excluding hydrogens is 212 g/mol. The van der Waals surface area contributed by atoms with Crippen LogP contribution >= 0.6 is 11.6 Å². The summed E-state index contributed by atoms with van der Waals surface area (Å²) in [6.07, 6.45) is 0. The smallest absolute Gasteiger partial charge is 0.180 e. The maximum atomic E-state index is 5.90. The predicted octanol–water partition coefficient (Wildman–Crippen LogP) is 2.72. The van der Waals surface area contributed by atoms with Crippen LogP contribution in [0.25, 0.3) is 11.0 Å². The van der Waals surface area contributed by atoms with Gasteiger partial charge in [0.25, 0.3) is 0 Å². The third-order valence-corrected chi connectivity index (χ3v) is 2.97. The molecule has 0 aliphatic heterocycles. The Balaban J connectivity index is 2.71. The molecule has 0 fully saturated rings. The Kier molecular flexibility index (Phi) is 2.44. The molecular formula is C11H13ClN2O. The number of aromatic nitrogens is 1. The van der Waals surface area contributed by atoms with Crippen LogP contribution in [0, 0.1) is 0 Å². The first kappa shape index (κ1) is 10.5. The molecule has 0 saturated heterocycles. The van der Waals surface area contributed by atoms with Crippen molar-refractivity contribution in [3.63, 3.8) is 0 Å². The Morgan fingerprint density at radius 1 is 1.47 bits per heavy atom. The molecule has 2 rings (SSSR count).